The summed E-state index contributed by atoms with van der Waals surface area (Å²) >= 11 is 1.54. The van der Waals surface area contributed by atoms with E-state index in [0.29, 0.717) is 19.4 Å². The van der Waals surface area contributed by atoms with Gasteiger partial charge in [-0.2, -0.15) is 0 Å². The summed E-state index contributed by atoms with van der Waals surface area (Å²) in [5.74, 6) is -0.905. The van der Waals surface area contributed by atoms with Crippen molar-refractivity contribution in [1.29, 1.82) is 0 Å². The molecule has 0 aliphatic carbocycles. The summed E-state index contributed by atoms with van der Waals surface area (Å²) in [5, 5.41) is 17.2. The second-order valence-corrected chi connectivity index (χ2v) is 5.48. The highest BCUT2D eigenvalue weighted by atomic mass is 32.1. The molecule has 0 aromatic carbocycles. The summed E-state index contributed by atoms with van der Waals surface area (Å²) in [7, 11) is 0. The van der Waals surface area contributed by atoms with E-state index in [4.69, 9.17) is 5.11 Å². The Morgan fingerprint density at radius 2 is 2.21 bits per heavy atom. The molecule has 1 unspecified atom stereocenters. The maximum absolute atomic E-state index is 11.5. The third kappa shape index (κ3) is 4.86. The van der Waals surface area contributed by atoms with Crippen LogP contribution in [0.5, 0.6) is 0 Å². The van der Waals surface area contributed by atoms with Gasteiger partial charge in [-0.3, -0.25) is 4.79 Å². The third-order valence-electron chi connectivity index (χ3n) is 3.04. The summed E-state index contributed by atoms with van der Waals surface area (Å²) in [6, 6.07) is -0.350. The summed E-state index contributed by atoms with van der Waals surface area (Å²) in [4.78, 5) is 26.7. The van der Waals surface area contributed by atoms with Crippen molar-refractivity contribution < 1.29 is 14.7 Å². The van der Waals surface area contributed by atoms with E-state index in [1.54, 1.807) is 20.0 Å². The van der Waals surface area contributed by atoms with E-state index < -0.39 is 11.4 Å². The first-order valence-corrected chi connectivity index (χ1v) is 6.99. The van der Waals surface area contributed by atoms with Crippen LogP contribution in [0.3, 0.4) is 0 Å². The fraction of sp³-hybridized carbons (Fsp3) is 0.583. The molecule has 1 aromatic rings. The van der Waals surface area contributed by atoms with Gasteiger partial charge in [0.25, 0.3) is 0 Å². The highest BCUT2D eigenvalue weighted by Gasteiger charge is 2.31. The van der Waals surface area contributed by atoms with Gasteiger partial charge in [-0.15, -0.1) is 11.3 Å². The Hall–Kier alpha value is -1.63. The molecule has 0 fully saturated rings. The summed E-state index contributed by atoms with van der Waals surface area (Å²) in [6.45, 7) is 4.00. The van der Waals surface area contributed by atoms with Gasteiger partial charge < -0.3 is 15.7 Å². The molecule has 2 amide bonds. The number of urea groups is 1. The van der Waals surface area contributed by atoms with Gasteiger partial charge >= 0.3 is 12.0 Å². The average Bonchev–Trinajstić information content (AvgIpc) is 2.89. The molecule has 0 aliphatic rings. The molecule has 7 heteroatoms. The Balaban J connectivity index is 2.26. The van der Waals surface area contributed by atoms with Gasteiger partial charge in [-0.05, 0) is 13.3 Å². The zero-order valence-corrected chi connectivity index (χ0v) is 11.9. The van der Waals surface area contributed by atoms with Crippen molar-refractivity contribution in [3.8, 4) is 0 Å². The number of carboxylic acid groups (broad SMARTS) is 1. The number of hydrogen-bond donors (Lipinski definition) is 3. The van der Waals surface area contributed by atoms with Crippen LogP contribution in [-0.4, -0.2) is 35.2 Å². The largest absolute Gasteiger partial charge is 0.481 e. The first kappa shape index (κ1) is 15.4. The van der Waals surface area contributed by atoms with Crippen LogP contribution in [0.25, 0.3) is 0 Å². The van der Waals surface area contributed by atoms with Crippen LogP contribution in [0.15, 0.2) is 11.6 Å². The number of carbonyl (C=O) groups excluding carboxylic acids is 1. The smallest absolute Gasteiger partial charge is 0.314 e. The van der Waals surface area contributed by atoms with Gasteiger partial charge in [0.15, 0.2) is 0 Å². The predicted molar refractivity (Wildman–Crippen MR) is 73.3 cm³/mol. The lowest BCUT2D eigenvalue weighted by molar-refractivity contribution is -0.147. The SMILES string of the molecule is CCC(C)(CNC(=O)NCCc1nccs1)C(=O)O. The second kappa shape index (κ2) is 7.08. The quantitative estimate of drug-likeness (QED) is 0.707. The van der Waals surface area contributed by atoms with E-state index in [2.05, 4.69) is 15.6 Å². The predicted octanol–water partition coefficient (Wildman–Crippen LogP) is 1.49. The summed E-state index contributed by atoms with van der Waals surface area (Å²) < 4.78 is 0. The minimum Gasteiger partial charge on any atom is -0.481 e. The Labute approximate surface area is 116 Å². The van der Waals surface area contributed by atoms with Crippen LogP contribution in [-0.2, 0) is 11.2 Å². The van der Waals surface area contributed by atoms with Crippen LogP contribution in [0.2, 0.25) is 0 Å². The molecule has 3 N–H and O–H groups in total. The minimum absolute atomic E-state index is 0.113. The number of carboxylic acids is 1. The Kier molecular flexibility index (Phi) is 5.75. The van der Waals surface area contributed by atoms with Gasteiger partial charge in [0.05, 0.1) is 10.4 Å². The van der Waals surface area contributed by atoms with Crippen LogP contribution >= 0.6 is 11.3 Å². The Bertz CT molecular complexity index is 422. The van der Waals surface area contributed by atoms with E-state index in [1.807, 2.05) is 5.38 Å². The maximum Gasteiger partial charge on any atom is 0.314 e. The lowest BCUT2D eigenvalue weighted by atomic mass is 9.88. The topological polar surface area (TPSA) is 91.3 Å². The van der Waals surface area contributed by atoms with Crippen LogP contribution < -0.4 is 10.6 Å². The second-order valence-electron chi connectivity index (χ2n) is 4.50. The molecular weight excluding hydrogens is 266 g/mol. The molecule has 6 nitrogen and oxygen atoms in total. The fourth-order valence-electron chi connectivity index (χ4n) is 1.35. The number of aliphatic carboxylic acids is 1. The lowest BCUT2D eigenvalue weighted by Gasteiger charge is -2.23. The molecule has 1 rings (SSSR count). The summed E-state index contributed by atoms with van der Waals surface area (Å²) in [5.41, 5.74) is -0.924. The lowest BCUT2D eigenvalue weighted by Crippen LogP contribution is -2.45. The van der Waals surface area contributed by atoms with Gasteiger partial charge in [0, 0.05) is 31.1 Å². The van der Waals surface area contributed by atoms with Crippen molar-refractivity contribution in [3.05, 3.63) is 16.6 Å². The Morgan fingerprint density at radius 3 is 2.74 bits per heavy atom. The number of hydrogen-bond acceptors (Lipinski definition) is 4. The van der Waals surface area contributed by atoms with Crippen molar-refractivity contribution in [2.24, 2.45) is 5.41 Å². The molecule has 1 aromatic heterocycles. The van der Waals surface area contributed by atoms with Crippen LogP contribution in [0, 0.1) is 5.41 Å². The number of aromatic nitrogens is 1. The van der Waals surface area contributed by atoms with Crippen molar-refractivity contribution in [2.45, 2.75) is 26.7 Å². The number of rotatable bonds is 7. The minimum atomic E-state index is -0.924. The van der Waals surface area contributed by atoms with Crippen molar-refractivity contribution in [3.63, 3.8) is 0 Å². The first-order chi connectivity index (χ1) is 8.98. The highest BCUT2D eigenvalue weighted by molar-refractivity contribution is 7.09. The molecule has 0 saturated carbocycles. The molecule has 0 radical (unpaired) electrons. The van der Waals surface area contributed by atoms with E-state index in [-0.39, 0.29) is 12.6 Å². The third-order valence-corrected chi connectivity index (χ3v) is 3.88. The van der Waals surface area contributed by atoms with Crippen molar-refractivity contribution in [2.75, 3.05) is 13.1 Å². The average molecular weight is 285 g/mol. The van der Waals surface area contributed by atoms with E-state index in [9.17, 15) is 9.59 Å². The molecule has 106 valence electrons. The van der Waals surface area contributed by atoms with Gasteiger partial charge in [-0.25, -0.2) is 9.78 Å². The van der Waals surface area contributed by atoms with Crippen molar-refractivity contribution >= 4 is 23.3 Å². The molecule has 19 heavy (non-hydrogen) atoms. The number of carbonyl (C=O) groups is 2. The highest BCUT2D eigenvalue weighted by Crippen LogP contribution is 2.19. The molecule has 0 saturated heterocycles. The number of nitrogens with one attached hydrogen (secondary N) is 2. The van der Waals surface area contributed by atoms with E-state index >= 15 is 0 Å². The zero-order chi connectivity index (χ0) is 14.3. The molecular formula is C12H19N3O3S. The van der Waals surface area contributed by atoms with Gasteiger partial charge in [-0.1, -0.05) is 6.92 Å². The molecule has 0 bridgehead atoms. The van der Waals surface area contributed by atoms with Crippen LogP contribution in [0.1, 0.15) is 25.3 Å². The normalized spacial score (nSPS) is 13.6. The fourth-order valence-corrected chi connectivity index (χ4v) is 1.97. The van der Waals surface area contributed by atoms with Gasteiger partial charge in [0.1, 0.15) is 0 Å². The molecule has 1 heterocycles. The molecule has 1 atom stereocenters. The maximum atomic E-state index is 11.5. The van der Waals surface area contributed by atoms with Crippen molar-refractivity contribution in [1.82, 2.24) is 15.6 Å². The number of thiazole rings is 1. The first-order valence-electron chi connectivity index (χ1n) is 6.11. The monoisotopic (exact) mass is 285 g/mol. The number of nitrogens with zero attached hydrogens (tertiary/aromatic N) is 1. The molecule has 0 spiro atoms. The zero-order valence-electron chi connectivity index (χ0n) is 11.1. The van der Waals surface area contributed by atoms with E-state index in [0.717, 1.165) is 5.01 Å². The summed E-state index contributed by atoms with van der Waals surface area (Å²) in [6.07, 6.45) is 2.86. The molecule has 0 aliphatic heterocycles. The number of amides is 2. The van der Waals surface area contributed by atoms with Crippen LogP contribution in [0.4, 0.5) is 4.79 Å². The Morgan fingerprint density at radius 1 is 1.47 bits per heavy atom. The van der Waals surface area contributed by atoms with Gasteiger partial charge in [0.2, 0.25) is 0 Å². The van der Waals surface area contributed by atoms with E-state index in [1.165, 1.54) is 11.3 Å². The standard InChI is InChI=1S/C12H19N3O3S/c1-3-12(2,10(16)17)8-15-11(18)14-5-4-9-13-6-7-19-9/h6-7H,3-5,8H2,1-2H3,(H,16,17)(H2,14,15,18).